The van der Waals surface area contributed by atoms with Gasteiger partial charge in [-0.3, -0.25) is 9.78 Å². The molecule has 3 rings (SSSR count). The zero-order chi connectivity index (χ0) is 18.8. The van der Waals surface area contributed by atoms with Gasteiger partial charge in [-0.25, -0.2) is 4.98 Å². The third-order valence-corrected chi connectivity index (χ3v) is 4.75. The van der Waals surface area contributed by atoms with Crippen LogP contribution in [0.5, 0.6) is 0 Å². The number of hydrogen-bond acceptors (Lipinski definition) is 4. The lowest BCUT2D eigenvalue weighted by molar-refractivity contribution is -0.130. The first-order valence-electron chi connectivity index (χ1n) is 9.41. The Balaban J connectivity index is 0.000000254. The van der Waals surface area contributed by atoms with Gasteiger partial charge in [-0.15, -0.1) is 0 Å². The van der Waals surface area contributed by atoms with E-state index in [0.717, 1.165) is 50.4 Å². The molecule has 0 atom stereocenters. The molecule has 5 heteroatoms. The topological polar surface area (TPSA) is 58.1 Å². The summed E-state index contributed by atoms with van der Waals surface area (Å²) in [4.78, 5) is 21.6. The number of rotatable bonds is 4. The molecule has 0 spiro atoms. The Hall–Kier alpha value is -2.43. The normalized spacial score (nSPS) is 14.3. The van der Waals surface area contributed by atoms with Gasteiger partial charge in [-0.2, -0.15) is 0 Å². The molecule has 0 aliphatic carbocycles. The van der Waals surface area contributed by atoms with Gasteiger partial charge in [0.05, 0.1) is 5.69 Å². The molecule has 0 unspecified atom stereocenters. The first-order chi connectivity index (χ1) is 12.6. The third kappa shape index (κ3) is 6.47. The van der Waals surface area contributed by atoms with Crippen molar-refractivity contribution in [2.75, 3.05) is 25.0 Å². The molecule has 0 radical (unpaired) electrons. The number of nitrogens with zero attached hydrogens (tertiary/aromatic N) is 3. The molecule has 1 aromatic heterocycles. The Morgan fingerprint density at radius 2 is 1.81 bits per heavy atom. The number of piperidine rings is 1. The van der Waals surface area contributed by atoms with Gasteiger partial charge >= 0.3 is 0 Å². The van der Waals surface area contributed by atoms with Crippen LogP contribution in [0.4, 0.5) is 5.82 Å². The number of anilines is 1. The van der Waals surface area contributed by atoms with Crippen molar-refractivity contribution in [3.63, 3.8) is 0 Å². The minimum atomic E-state index is 0.186. The summed E-state index contributed by atoms with van der Waals surface area (Å²) in [6.45, 7) is 8.41. The number of carbonyl (C=O) groups excluding carboxylic acids is 1. The highest BCUT2D eigenvalue weighted by atomic mass is 16.2. The summed E-state index contributed by atoms with van der Waals surface area (Å²) in [7, 11) is 0. The molecule has 1 aliphatic heterocycles. The molecule has 2 aromatic rings. The molecule has 1 aromatic carbocycles. The smallest absolute Gasteiger partial charge is 0.219 e. The molecule has 1 fully saturated rings. The summed E-state index contributed by atoms with van der Waals surface area (Å²) in [6.07, 6.45) is 6.66. The molecule has 1 saturated heterocycles. The van der Waals surface area contributed by atoms with E-state index in [1.165, 1.54) is 5.56 Å². The summed E-state index contributed by atoms with van der Waals surface area (Å²) in [5.41, 5.74) is 2.34. The fraction of sp³-hybridized carbons (Fsp3) is 0.476. The average molecular weight is 354 g/mol. The molecule has 26 heavy (non-hydrogen) atoms. The van der Waals surface area contributed by atoms with E-state index in [-0.39, 0.29) is 5.91 Å². The second kappa shape index (κ2) is 10.5. The number of likely N-dealkylation sites (tertiary alicyclic amines) is 1. The maximum atomic E-state index is 11.2. The summed E-state index contributed by atoms with van der Waals surface area (Å²) in [5, 5.41) is 3.35. The maximum Gasteiger partial charge on any atom is 0.219 e. The van der Waals surface area contributed by atoms with Crippen molar-refractivity contribution in [2.24, 2.45) is 5.92 Å². The molecule has 0 bridgehead atoms. The van der Waals surface area contributed by atoms with Crippen molar-refractivity contribution >= 4 is 11.7 Å². The first kappa shape index (κ1) is 19.9. The number of amides is 1. The van der Waals surface area contributed by atoms with Crippen LogP contribution in [0.1, 0.15) is 37.9 Å². The molecule has 1 aliphatic rings. The van der Waals surface area contributed by atoms with E-state index >= 15 is 0 Å². The Bertz CT molecular complexity index is 667. The fourth-order valence-electron chi connectivity index (χ4n) is 2.99. The number of benzene rings is 1. The van der Waals surface area contributed by atoms with E-state index in [0.29, 0.717) is 5.92 Å². The summed E-state index contributed by atoms with van der Waals surface area (Å²) in [5.74, 6) is 1.67. The molecule has 0 saturated carbocycles. The van der Waals surface area contributed by atoms with Crippen LogP contribution in [0.3, 0.4) is 0 Å². The Morgan fingerprint density at radius 3 is 2.35 bits per heavy atom. The van der Waals surface area contributed by atoms with Crippen LogP contribution in [0.2, 0.25) is 0 Å². The van der Waals surface area contributed by atoms with Crippen molar-refractivity contribution in [1.82, 2.24) is 14.9 Å². The molecule has 140 valence electrons. The van der Waals surface area contributed by atoms with Gasteiger partial charge in [0.2, 0.25) is 5.91 Å². The number of aromatic nitrogens is 2. The van der Waals surface area contributed by atoms with Gasteiger partial charge in [0.25, 0.3) is 0 Å². The zero-order valence-electron chi connectivity index (χ0n) is 16.1. The van der Waals surface area contributed by atoms with E-state index in [9.17, 15) is 4.79 Å². The highest BCUT2D eigenvalue weighted by Crippen LogP contribution is 2.18. The summed E-state index contributed by atoms with van der Waals surface area (Å²) < 4.78 is 0. The lowest BCUT2D eigenvalue weighted by atomic mass is 9.97. The van der Waals surface area contributed by atoms with E-state index in [2.05, 4.69) is 46.5 Å². The van der Waals surface area contributed by atoms with Gasteiger partial charge in [0.15, 0.2) is 0 Å². The van der Waals surface area contributed by atoms with Crippen LogP contribution < -0.4 is 5.32 Å². The van der Waals surface area contributed by atoms with Crippen LogP contribution in [-0.2, 0) is 11.2 Å². The van der Waals surface area contributed by atoms with E-state index < -0.39 is 0 Å². The highest BCUT2D eigenvalue weighted by Gasteiger charge is 2.20. The van der Waals surface area contributed by atoms with Crippen LogP contribution in [0.15, 0.2) is 42.7 Å². The monoisotopic (exact) mass is 354 g/mol. The first-order valence-corrected chi connectivity index (χ1v) is 9.41. The van der Waals surface area contributed by atoms with Crippen molar-refractivity contribution in [1.29, 1.82) is 0 Å². The fourth-order valence-corrected chi connectivity index (χ4v) is 2.99. The van der Waals surface area contributed by atoms with E-state index in [4.69, 9.17) is 0 Å². The van der Waals surface area contributed by atoms with Crippen LogP contribution in [0, 0.1) is 12.8 Å². The molecule has 5 nitrogen and oxygen atoms in total. The molecular weight excluding hydrogens is 324 g/mol. The Labute approximate surface area is 156 Å². The van der Waals surface area contributed by atoms with E-state index in [1.807, 2.05) is 17.9 Å². The molecule has 2 heterocycles. The number of carbonyl (C=O) groups is 1. The summed E-state index contributed by atoms with van der Waals surface area (Å²) >= 11 is 0. The van der Waals surface area contributed by atoms with Crippen LogP contribution in [-0.4, -0.2) is 40.4 Å². The predicted octanol–water partition coefficient (Wildman–Crippen LogP) is 3.70. The lowest BCUT2D eigenvalue weighted by Gasteiger charge is -2.31. The SMILES string of the molecule is CC(=O)N1CCC(CNc2nccnc2C)CC1.CCc1ccccc1. The largest absolute Gasteiger partial charge is 0.368 e. The Morgan fingerprint density at radius 1 is 1.15 bits per heavy atom. The van der Waals surface area contributed by atoms with Crippen molar-refractivity contribution in [3.05, 3.63) is 54.0 Å². The Kier molecular flexibility index (Phi) is 8.06. The minimum Gasteiger partial charge on any atom is -0.368 e. The van der Waals surface area contributed by atoms with Crippen LogP contribution >= 0.6 is 0 Å². The van der Waals surface area contributed by atoms with Gasteiger partial charge in [0.1, 0.15) is 5.82 Å². The molecule has 1 N–H and O–H groups in total. The molecule has 1 amide bonds. The quantitative estimate of drug-likeness (QED) is 0.909. The van der Waals surface area contributed by atoms with Gasteiger partial charge in [0, 0.05) is 39.0 Å². The van der Waals surface area contributed by atoms with Gasteiger partial charge in [-0.05, 0) is 37.7 Å². The highest BCUT2D eigenvalue weighted by molar-refractivity contribution is 5.73. The predicted molar refractivity (Wildman–Crippen MR) is 106 cm³/mol. The van der Waals surface area contributed by atoms with Crippen molar-refractivity contribution in [2.45, 2.75) is 40.0 Å². The minimum absolute atomic E-state index is 0.186. The second-order valence-electron chi connectivity index (χ2n) is 6.66. The molecular formula is C21H30N4O. The van der Waals surface area contributed by atoms with Gasteiger partial charge in [-0.1, -0.05) is 37.3 Å². The zero-order valence-corrected chi connectivity index (χ0v) is 16.1. The maximum absolute atomic E-state index is 11.2. The standard InChI is InChI=1S/C13H20N4O.C8H10/c1-10-13(15-6-5-14-10)16-9-12-3-7-17(8-4-12)11(2)18;1-2-8-6-4-3-5-7-8/h5-6,12H,3-4,7-9H2,1-2H3,(H,15,16);3-7H,2H2,1H3. The number of hydrogen-bond donors (Lipinski definition) is 1. The second-order valence-corrected chi connectivity index (χ2v) is 6.66. The van der Waals surface area contributed by atoms with Crippen molar-refractivity contribution in [3.8, 4) is 0 Å². The third-order valence-electron chi connectivity index (χ3n) is 4.75. The van der Waals surface area contributed by atoms with Crippen molar-refractivity contribution < 1.29 is 4.79 Å². The van der Waals surface area contributed by atoms with Crippen LogP contribution in [0.25, 0.3) is 0 Å². The summed E-state index contributed by atoms with van der Waals surface area (Å²) in [6, 6.07) is 10.5. The van der Waals surface area contributed by atoms with Gasteiger partial charge < -0.3 is 10.2 Å². The number of nitrogens with one attached hydrogen (secondary N) is 1. The number of aryl methyl sites for hydroxylation is 2. The van der Waals surface area contributed by atoms with E-state index in [1.54, 1.807) is 19.3 Å². The lowest BCUT2D eigenvalue weighted by Crippen LogP contribution is -2.38. The average Bonchev–Trinajstić information content (AvgIpc) is 2.69.